The quantitative estimate of drug-likeness (QED) is 0.0660. The lowest BCUT2D eigenvalue weighted by Crippen LogP contribution is -2.50. The van der Waals surface area contributed by atoms with Crippen molar-refractivity contribution in [2.24, 2.45) is 34.4 Å². The van der Waals surface area contributed by atoms with Gasteiger partial charge in [-0.2, -0.15) is 5.10 Å². The molecule has 0 bridgehead atoms. The molecule has 0 spiro atoms. The minimum absolute atomic E-state index is 0.0574. The second-order valence-corrected chi connectivity index (χ2v) is 8.78. The Bertz CT molecular complexity index is 574. The summed E-state index contributed by atoms with van der Waals surface area (Å²) in [6.07, 6.45) is 7.93. The van der Waals surface area contributed by atoms with Gasteiger partial charge in [0.2, 0.25) is 5.91 Å². The Kier molecular flexibility index (Phi) is 14.7. The maximum atomic E-state index is 12.4. The number of piperidine rings is 1. The van der Waals surface area contributed by atoms with Crippen molar-refractivity contribution in [1.82, 2.24) is 21.5 Å². The van der Waals surface area contributed by atoms with Crippen LogP contribution in [0.5, 0.6) is 0 Å². The normalized spacial score (nSPS) is 25.1. The summed E-state index contributed by atoms with van der Waals surface area (Å²) in [6, 6.07) is -0.234. The molecule has 0 aromatic rings. The summed E-state index contributed by atoms with van der Waals surface area (Å²) in [5.41, 5.74) is 8.04. The van der Waals surface area contributed by atoms with Crippen molar-refractivity contribution in [1.29, 1.82) is 0 Å². The van der Waals surface area contributed by atoms with Gasteiger partial charge in [0.25, 0.3) is 0 Å². The summed E-state index contributed by atoms with van der Waals surface area (Å²) in [6.45, 7) is 6.24. The zero-order valence-corrected chi connectivity index (χ0v) is 20.1. The van der Waals surface area contributed by atoms with E-state index in [2.05, 4.69) is 40.4 Å². The smallest absolute Gasteiger partial charge is 0.323 e. The van der Waals surface area contributed by atoms with Crippen LogP contribution in [0.2, 0.25) is 0 Å². The fourth-order valence-electron chi connectivity index (χ4n) is 4.39. The number of nitrogens with two attached hydrogens (primary N) is 2. The Labute approximate surface area is 193 Å². The molecule has 4 unspecified atom stereocenters. The second-order valence-electron chi connectivity index (χ2n) is 8.78. The molecule has 1 aliphatic carbocycles. The van der Waals surface area contributed by atoms with E-state index in [0.29, 0.717) is 49.7 Å². The molecule has 0 radical (unpaired) electrons. The minimum atomic E-state index is -0.234. The third kappa shape index (κ3) is 11.1. The number of amides is 1. The van der Waals surface area contributed by atoms with Gasteiger partial charge < -0.3 is 26.4 Å². The van der Waals surface area contributed by atoms with E-state index in [1.807, 2.05) is 0 Å². The van der Waals surface area contributed by atoms with Gasteiger partial charge in [-0.05, 0) is 63.5 Å². The van der Waals surface area contributed by atoms with Crippen molar-refractivity contribution in [2.75, 3.05) is 33.3 Å². The predicted molar refractivity (Wildman–Crippen MR) is 127 cm³/mol. The van der Waals surface area contributed by atoms with Crippen molar-refractivity contribution in [3.8, 4) is 0 Å². The van der Waals surface area contributed by atoms with Gasteiger partial charge in [0.05, 0.1) is 13.2 Å². The highest BCUT2D eigenvalue weighted by Gasteiger charge is 2.38. The summed E-state index contributed by atoms with van der Waals surface area (Å²) in [4.78, 5) is 23.8. The SMILES string of the molecule is CCC.CNCC(=O)NCCCOC(=O)C1CC2CC(CC/C(N)=N/NN)CCC2CN1. The molecule has 1 aliphatic heterocycles. The molecule has 1 amide bonds. The largest absolute Gasteiger partial charge is 0.464 e. The van der Waals surface area contributed by atoms with Gasteiger partial charge in [0, 0.05) is 13.0 Å². The van der Waals surface area contributed by atoms with Gasteiger partial charge in [-0.3, -0.25) is 9.59 Å². The van der Waals surface area contributed by atoms with E-state index in [1.54, 1.807) is 7.05 Å². The topological polar surface area (TPSA) is 156 Å². The maximum absolute atomic E-state index is 12.4. The number of amidine groups is 1. The van der Waals surface area contributed by atoms with Crippen molar-refractivity contribution in [3.05, 3.63) is 0 Å². The van der Waals surface area contributed by atoms with Gasteiger partial charge in [-0.25, -0.2) is 11.4 Å². The average molecular weight is 456 g/mol. The van der Waals surface area contributed by atoms with Crippen LogP contribution >= 0.6 is 0 Å². The minimum Gasteiger partial charge on any atom is -0.464 e. The molecule has 10 heteroatoms. The van der Waals surface area contributed by atoms with Crippen LogP contribution in [0.25, 0.3) is 0 Å². The van der Waals surface area contributed by atoms with Gasteiger partial charge in [-0.15, -0.1) is 0 Å². The van der Waals surface area contributed by atoms with E-state index in [4.69, 9.17) is 16.3 Å². The molecular weight excluding hydrogens is 410 g/mol. The molecule has 4 atom stereocenters. The summed E-state index contributed by atoms with van der Waals surface area (Å²) < 4.78 is 5.42. The van der Waals surface area contributed by atoms with E-state index in [1.165, 1.54) is 19.3 Å². The summed E-state index contributed by atoms with van der Waals surface area (Å²) in [5, 5.41) is 12.7. The van der Waals surface area contributed by atoms with Crippen molar-refractivity contribution in [2.45, 2.75) is 71.3 Å². The maximum Gasteiger partial charge on any atom is 0.323 e. The number of hydrogen-bond donors (Lipinski definition) is 6. The van der Waals surface area contributed by atoms with E-state index in [0.717, 1.165) is 32.2 Å². The number of nitrogens with one attached hydrogen (secondary N) is 4. The van der Waals surface area contributed by atoms with Crippen LogP contribution in [-0.4, -0.2) is 57.0 Å². The van der Waals surface area contributed by atoms with Gasteiger partial charge in [0.1, 0.15) is 11.9 Å². The standard InChI is InChI=1S/C19H37N7O3.C3H8/c1-22-12-18(27)23-7-2-8-29-19(28)16-10-15-9-13(3-5-14(15)11-24-16)4-6-17(20)25-26-21;1-3-2/h13-16,22,24,26H,2-12,21H2,1H3,(H2,20,25)(H,23,27);3H2,1-2H3. The lowest BCUT2D eigenvalue weighted by atomic mass is 9.69. The first-order chi connectivity index (χ1) is 15.4. The molecule has 1 saturated heterocycles. The molecule has 10 nitrogen and oxygen atoms in total. The summed E-state index contributed by atoms with van der Waals surface area (Å²) in [7, 11) is 1.72. The molecule has 1 saturated carbocycles. The number of rotatable bonds is 11. The number of nitrogens with zero attached hydrogens (tertiary/aromatic N) is 1. The van der Waals surface area contributed by atoms with Crippen LogP contribution in [0.4, 0.5) is 0 Å². The number of hydrazine groups is 1. The average Bonchev–Trinajstić information content (AvgIpc) is 2.77. The first kappa shape index (κ1) is 28.1. The highest BCUT2D eigenvalue weighted by Crippen LogP contribution is 2.40. The zero-order valence-electron chi connectivity index (χ0n) is 20.1. The number of hydrazone groups is 1. The second kappa shape index (κ2) is 16.7. The highest BCUT2D eigenvalue weighted by atomic mass is 16.5. The molecule has 2 rings (SSSR count). The summed E-state index contributed by atoms with van der Waals surface area (Å²) >= 11 is 0. The van der Waals surface area contributed by atoms with Crippen LogP contribution < -0.4 is 33.1 Å². The van der Waals surface area contributed by atoms with Crippen molar-refractivity contribution in [3.63, 3.8) is 0 Å². The van der Waals surface area contributed by atoms with E-state index < -0.39 is 0 Å². The Hall–Kier alpha value is -1.91. The summed E-state index contributed by atoms with van der Waals surface area (Å²) in [5.74, 6) is 7.23. The fourth-order valence-corrected chi connectivity index (χ4v) is 4.39. The fraction of sp³-hybridized carbons (Fsp3) is 0.864. The molecule has 186 valence electrons. The van der Waals surface area contributed by atoms with Gasteiger partial charge >= 0.3 is 5.97 Å². The number of likely N-dealkylation sites (N-methyl/N-ethyl adjacent to an activating group) is 1. The van der Waals surface area contributed by atoms with Crippen LogP contribution in [0, 0.1) is 17.8 Å². The first-order valence-electron chi connectivity index (χ1n) is 12.0. The molecule has 32 heavy (non-hydrogen) atoms. The molecule has 0 aromatic carbocycles. The Balaban J connectivity index is 0.00000161. The van der Waals surface area contributed by atoms with Crippen LogP contribution in [-0.2, 0) is 14.3 Å². The van der Waals surface area contributed by atoms with Crippen molar-refractivity contribution < 1.29 is 14.3 Å². The van der Waals surface area contributed by atoms with Gasteiger partial charge in [-0.1, -0.05) is 26.7 Å². The lowest BCUT2D eigenvalue weighted by molar-refractivity contribution is -0.148. The number of ether oxygens (including phenoxy) is 1. The van der Waals surface area contributed by atoms with Crippen LogP contribution in [0.15, 0.2) is 5.10 Å². The number of carbonyl (C=O) groups is 2. The molecule has 8 N–H and O–H groups in total. The highest BCUT2D eigenvalue weighted by molar-refractivity contribution is 5.80. The monoisotopic (exact) mass is 455 g/mol. The Morgan fingerprint density at radius 1 is 1.19 bits per heavy atom. The zero-order chi connectivity index (χ0) is 23.8. The number of carbonyl (C=O) groups excluding carboxylic acids is 2. The first-order valence-corrected chi connectivity index (χ1v) is 12.0. The molecule has 0 aromatic heterocycles. The molecule has 2 aliphatic rings. The number of esters is 1. The van der Waals surface area contributed by atoms with Crippen LogP contribution in [0.1, 0.15) is 65.2 Å². The molecular formula is C22H45N7O3. The van der Waals surface area contributed by atoms with E-state index in [9.17, 15) is 9.59 Å². The number of hydrogen-bond acceptors (Lipinski definition) is 8. The molecule has 2 fully saturated rings. The van der Waals surface area contributed by atoms with Gasteiger partial charge in [0.15, 0.2) is 0 Å². The number of fused-ring (bicyclic) bond motifs is 1. The van der Waals surface area contributed by atoms with E-state index in [-0.39, 0.29) is 17.9 Å². The Morgan fingerprint density at radius 2 is 1.94 bits per heavy atom. The van der Waals surface area contributed by atoms with Crippen LogP contribution in [0.3, 0.4) is 0 Å². The predicted octanol–water partition coefficient (Wildman–Crippen LogP) is 0.582. The lowest BCUT2D eigenvalue weighted by Gasteiger charge is -2.42. The van der Waals surface area contributed by atoms with E-state index >= 15 is 0 Å². The third-order valence-electron chi connectivity index (χ3n) is 5.94. The third-order valence-corrected chi connectivity index (χ3v) is 5.94. The molecule has 1 heterocycles. The van der Waals surface area contributed by atoms with Crippen molar-refractivity contribution >= 4 is 17.7 Å². The Morgan fingerprint density at radius 3 is 2.62 bits per heavy atom.